The van der Waals surface area contributed by atoms with Crippen molar-refractivity contribution in [3.63, 3.8) is 0 Å². The molecule has 0 radical (unpaired) electrons. The van der Waals surface area contributed by atoms with Crippen LogP contribution in [-0.4, -0.2) is 27.7 Å². The monoisotopic (exact) mass is 207 g/mol. The second kappa shape index (κ2) is 5.39. The van der Waals surface area contributed by atoms with Crippen molar-refractivity contribution in [1.29, 1.82) is 0 Å². The first-order valence-electron chi connectivity index (χ1n) is 3.28. The Morgan fingerprint density at radius 2 is 2.46 bits per heavy atom. The zero-order valence-electron chi connectivity index (χ0n) is 6.69. The highest BCUT2D eigenvalue weighted by molar-refractivity contribution is 5.85. The number of carboxylic acid groups (broad SMARTS) is 1. The quantitative estimate of drug-likeness (QED) is 0.646. The first kappa shape index (κ1) is 11.7. The van der Waals surface area contributed by atoms with E-state index in [1.54, 1.807) is 6.20 Å². The second-order valence-corrected chi connectivity index (χ2v) is 2.16. The van der Waals surface area contributed by atoms with Crippen LogP contribution in [0.25, 0.3) is 0 Å². The Balaban J connectivity index is 0.00000144. The third kappa shape index (κ3) is 4.34. The number of anilines is 1. The highest BCUT2D eigenvalue weighted by Gasteiger charge is 2.00. The van der Waals surface area contributed by atoms with Crippen LogP contribution in [0.2, 0.25) is 0 Å². The first-order chi connectivity index (χ1) is 5.68. The van der Waals surface area contributed by atoms with Crippen molar-refractivity contribution in [2.45, 2.75) is 6.61 Å². The summed E-state index contributed by atoms with van der Waals surface area (Å²) in [4.78, 5) is 16.5. The van der Waals surface area contributed by atoms with E-state index in [-0.39, 0.29) is 25.6 Å². The van der Waals surface area contributed by atoms with Gasteiger partial charge < -0.3 is 20.6 Å². The number of imidazole rings is 1. The van der Waals surface area contributed by atoms with Gasteiger partial charge in [0.15, 0.2) is 5.95 Å². The van der Waals surface area contributed by atoms with E-state index in [0.717, 1.165) is 0 Å². The number of carbonyl (C=O) groups is 1. The molecule has 0 unspecified atom stereocenters. The van der Waals surface area contributed by atoms with Crippen LogP contribution in [0.15, 0.2) is 6.20 Å². The molecule has 0 aromatic carbocycles. The molecule has 0 atom stereocenters. The number of aromatic nitrogens is 2. The lowest BCUT2D eigenvalue weighted by Gasteiger charge is -1.95. The van der Waals surface area contributed by atoms with E-state index < -0.39 is 5.97 Å². The van der Waals surface area contributed by atoms with Crippen LogP contribution in [0.3, 0.4) is 0 Å². The summed E-state index contributed by atoms with van der Waals surface area (Å²) in [6, 6.07) is 0. The number of H-pyrrole nitrogens is 1. The molecule has 4 N–H and O–H groups in total. The third-order valence-corrected chi connectivity index (χ3v) is 1.13. The SMILES string of the molecule is Cl.Nc1nc(COCC(=O)O)c[nH]1. The van der Waals surface area contributed by atoms with Crippen molar-refractivity contribution >= 4 is 24.3 Å². The number of nitrogens with zero attached hydrogens (tertiary/aromatic N) is 1. The number of halogens is 1. The lowest BCUT2D eigenvalue weighted by molar-refractivity contribution is -0.142. The van der Waals surface area contributed by atoms with Crippen molar-refractivity contribution in [2.24, 2.45) is 0 Å². The van der Waals surface area contributed by atoms with Crippen LogP contribution in [0.4, 0.5) is 5.95 Å². The van der Waals surface area contributed by atoms with E-state index >= 15 is 0 Å². The van der Waals surface area contributed by atoms with E-state index in [1.165, 1.54) is 0 Å². The van der Waals surface area contributed by atoms with Crippen LogP contribution in [-0.2, 0) is 16.1 Å². The summed E-state index contributed by atoms with van der Waals surface area (Å²) in [6.07, 6.45) is 1.57. The predicted molar refractivity (Wildman–Crippen MR) is 47.5 cm³/mol. The summed E-state index contributed by atoms with van der Waals surface area (Å²) in [5.74, 6) is -0.706. The number of nitrogens with one attached hydrogen (secondary N) is 1. The van der Waals surface area contributed by atoms with Gasteiger partial charge in [-0.05, 0) is 0 Å². The molecule has 0 aliphatic heterocycles. The van der Waals surface area contributed by atoms with Gasteiger partial charge in [0.2, 0.25) is 0 Å². The predicted octanol–water partition coefficient (Wildman–Crippen LogP) is 0.0149. The number of hydrogen-bond acceptors (Lipinski definition) is 4. The molecule has 6 nitrogen and oxygen atoms in total. The zero-order valence-corrected chi connectivity index (χ0v) is 7.50. The van der Waals surface area contributed by atoms with Gasteiger partial charge >= 0.3 is 5.97 Å². The molecular weight excluding hydrogens is 198 g/mol. The maximum Gasteiger partial charge on any atom is 0.329 e. The van der Waals surface area contributed by atoms with Crippen molar-refractivity contribution < 1.29 is 14.6 Å². The molecule has 0 aliphatic carbocycles. The molecule has 1 aromatic heterocycles. The number of carboxylic acids is 1. The molecule has 0 aliphatic rings. The fourth-order valence-electron chi connectivity index (χ4n) is 0.693. The van der Waals surface area contributed by atoms with Gasteiger partial charge in [-0.3, -0.25) is 0 Å². The number of nitrogen functional groups attached to an aromatic ring is 1. The number of nitrogens with two attached hydrogens (primary N) is 1. The summed E-state index contributed by atoms with van der Waals surface area (Å²) < 4.78 is 4.76. The van der Waals surface area contributed by atoms with Crippen LogP contribution in [0.1, 0.15) is 5.69 Å². The number of ether oxygens (including phenoxy) is 1. The zero-order chi connectivity index (χ0) is 8.97. The maximum absolute atomic E-state index is 10.0. The fraction of sp³-hybridized carbons (Fsp3) is 0.333. The molecule has 0 bridgehead atoms. The minimum atomic E-state index is -1.00. The Morgan fingerprint density at radius 3 is 2.92 bits per heavy atom. The van der Waals surface area contributed by atoms with Crippen LogP contribution >= 0.6 is 12.4 Å². The Morgan fingerprint density at radius 1 is 1.77 bits per heavy atom. The van der Waals surface area contributed by atoms with Crippen molar-refractivity contribution in [3.05, 3.63) is 11.9 Å². The Hall–Kier alpha value is -1.27. The summed E-state index contributed by atoms with van der Waals surface area (Å²) in [7, 11) is 0. The summed E-state index contributed by atoms with van der Waals surface area (Å²) >= 11 is 0. The number of hydrogen-bond donors (Lipinski definition) is 3. The van der Waals surface area contributed by atoms with Gasteiger partial charge in [0.25, 0.3) is 0 Å². The molecule has 1 heterocycles. The molecule has 0 saturated carbocycles. The van der Waals surface area contributed by atoms with Gasteiger partial charge in [0.1, 0.15) is 6.61 Å². The van der Waals surface area contributed by atoms with E-state index in [2.05, 4.69) is 9.97 Å². The van der Waals surface area contributed by atoms with E-state index in [1.807, 2.05) is 0 Å². The van der Waals surface area contributed by atoms with E-state index in [9.17, 15) is 4.79 Å². The van der Waals surface area contributed by atoms with E-state index in [4.69, 9.17) is 15.6 Å². The summed E-state index contributed by atoms with van der Waals surface area (Å²) in [5, 5.41) is 8.22. The largest absolute Gasteiger partial charge is 0.480 e. The molecule has 0 fully saturated rings. The van der Waals surface area contributed by atoms with Crippen molar-refractivity contribution in [1.82, 2.24) is 9.97 Å². The molecule has 0 spiro atoms. The topological polar surface area (TPSA) is 101 Å². The first-order valence-corrected chi connectivity index (χ1v) is 3.28. The Kier molecular flexibility index (Phi) is 4.86. The van der Waals surface area contributed by atoms with Gasteiger partial charge in [-0.2, -0.15) is 0 Å². The summed E-state index contributed by atoms with van der Waals surface area (Å²) in [5.41, 5.74) is 5.86. The molecule has 0 saturated heterocycles. The lowest BCUT2D eigenvalue weighted by Crippen LogP contribution is -2.06. The third-order valence-electron chi connectivity index (χ3n) is 1.13. The standard InChI is InChI=1S/C6H9N3O3.ClH/c7-6-8-1-4(9-6)2-12-3-5(10)11;/h1H,2-3H2,(H,10,11)(H3,7,8,9);1H. The van der Waals surface area contributed by atoms with Gasteiger partial charge in [0.05, 0.1) is 12.3 Å². The molecule has 74 valence electrons. The Bertz CT molecular complexity index is 276. The number of aromatic amines is 1. The lowest BCUT2D eigenvalue weighted by atomic mass is 10.5. The second-order valence-electron chi connectivity index (χ2n) is 2.16. The molecule has 1 aromatic rings. The number of aliphatic carboxylic acids is 1. The minimum Gasteiger partial charge on any atom is -0.480 e. The summed E-state index contributed by atoms with van der Waals surface area (Å²) in [6.45, 7) is -0.174. The highest BCUT2D eigenvalue weighted by atomic mass is 35.5. The minimum absolute atomic E-state index is 0. The van der Waals surface area contributed by atoms with Gasteiger partial charge in [-0.25, -0.2) is 9.78 Å². The molecule has 0 amide bonds. The smallest absolute Gasteiger partial charge is 0.329 e. The molecule has 1 rings (SSSR count). The van der Waals surface area contributed by atoms with Crippen LogP contribution in [0.5, 0.6) is 0 Å². The normalized spacial score (nSPS) is 9.23. The fourth-order valence-corrected chi connectivity index (χ4v) is 0.693. The highest BCUT2D eigenvalue weighted by Crippen LogP contribution is 1.98. The molecule has 7 heteroatoms. The molecule has 13 heavy (non-hydrogen) atoms. The van der Waals surface area contributed by atoms with Crippen molar-refractivity contribution in [2.75, 3.05) is 12.3 Å². The van der Waals surface area contributed by atoms with Crippen LogP contribution in [0, 0.1) is 0 Å². The van der Waals surface area contributed by atoms with Crippen LogP contribution < -0.4 is 5.73 Å². The average molecular weight is 208 g/mol. The van der Waals surface area contributed by atoms with Gasteiger partial charge in [-0.15, -0.1) is 12.4 Å². The van der Waals surface area contributed by atoms with Gasteiger partial charge in [-0.1, -0.05) is 0 Å². The number of rotatable bonds is 4. The average Bonchev–Trinajstić information content (AvgIpc) is 2.35. The van der Waals surface area contributed by atoms with E-state index in [0.29, 0.717) is 11.6 Å². The maximum atomic E-state index is 10.0. The van der Waals surface area contributed by atoms with Crippen molar-refractivity contribution in [3.8, 4) is 0 Å². The Labute approximate surface area is 80.5 Å². The molecular formula is C6H10ClN3O3. The van der Waals surface area contributed by atoms with Gasteiger partial charge in [0, 0.05) is 6.20 Å².